The summed E-state index contributed by atoms with van der Waals surface area (Å²) >= 11 is 0. The van der Waals surface area contributed by atoms with Gasteiger partial charge in [-0.2, -0.15) is 8.78 Å². The van der Waals surface area contributed by atoms with Crippen molar-refractivity contribution in [2.45, 2.75) is 96.7 Å². The van der Waals surface area contributed by atoms with E-state index in [2.05, 4.69) is 27.4 Å². The van der Waals surface area contributed by atoms with Gasteiger partial charge in [-0.25, -0.2) is 0 Å². The molecule has 3 fully saturated rings. The zero-order valence-corrected chi connectivity index (χ0v) is 20.0. The Kier molecular flexibility index (Phi) is 8.05. The quantitative estimate of drug-likeness (QED) is 0.457. The highest BCUT2D eigenvalue weighted by Crippen LogP contribution is 2.60. The Hall–Kier alpha value is -1.04. The Morgan fingerprint density at radius 2 is 1.88 bits per heavy atom. The molecule has 3 rings (SSSR count). The van der Waals surface area contributed by atoms with Gasteiger partial charge in [0.2, 0.25) is 0 Å². The molecule has 7 atom stereocenters. The standard InChI is InChI=1S/C27H42F2O3/c1-17(16-30)7-5-8-18(2)21-12-13-23-20(9-6-14-26(21,23)4)10-11-22-19(3)24(31)15-25(32)27(22,28)29/h10-11,17-18,21,23-25,30-32H,3,5-9,12-16H2,1-2,4H3/b20-10+,22-11+/t17?,18-,21?,23?,24+,25+,26?/m1/s1. The number of hydrogen-bond donors (Lipinski definition) is 3. The van der Waals surface area contributed by atoms with Crippen molar-refractivity contribution in [3.05, 3.63) is 35.5 Å². The third-order valence-electron chi connectivity index (χ3n) is 8.83. The van der Waals surface area contributed by atoms with Gasteiger partial charge in [-0.15, -0.1) is 0 Å². The highest BCUT2D eigenvalue weighted by Gasteiger charge is 2.51. The van der Waals surface area contributed by atoms with Crippen LogP contribution >= 0.6 is 0 Å². The molecule has 0 spiro atoms. The van der Waals surface area contributed by atoms with E-state index >= 15 is 0 Å². The maximum atomic E-state index is 14.6. The van der Waals surface area contributed by atoms with Crippen LogP contribution in [0.4, 0.5) is 8.78 Å². The first-order chi connectivity index (χ1) is 15.0. The molecule has 182 valence electrons. The Morgan fingerprint density at radius 3 is 2.56 bits per heavy atom. The van der Waals surface area contributed by atoms with E-state index in [4.69, 9.17) is 0 Å². The smallest absolute Gasteiger partial charge is 0.298 e. The van der Waals surface area contributed by atoms with Crippen molar-refractivity contribution in [1.29, 1.82) is 0 Å². The maximum Gasteiger partial charge on any atom is 0.298 e. The van der Waals surface area contributed by atoms with Crippen LogP contribution < -0.4 is 0 Å². The van der Waals surface area contributed by atoms with Crippen molar-refractivity contribution in [2.24, 2.45) is 29.1 Å². The Balaban J connectivity index is 1.76. The third kappa shape index (κ3) is 4.90. The fourth-order valence-electron chi connectivity index (χ4n) is 6.78. The average Bonchev–Trinajstić information content (AvgIpc) is 3.10. The highest BCUT2D eigenvalue weighted by molar-refractivity contribution is 5.44. The topological polar surface area (TPSA) is 60.7 Å². The third-order valence-corrected chi connectivity index (χ3v) is 8.83. The number of rotatable bonds is 7. The van der Waals surface area contributed by atoms with Crippen LogP contribution in [0.2, 0.25) is 0 Å². The van der Waals surface area contributed by atoms with Gasteiger partial charge in [0.05, 0.1) is 6.10 Å². The van der Waals surface area contributed by atoms with Gasteiger partial charge < -0.3 is 15.3 Å². The van der Waals surface area contributed by atoms with E-state index in [1.165, 1.54) is 30.9 Å². The molecule has 0 amide bonds. The summed E-state index contributed by atoms with van der Waals surface area (Å²) in [6, 6.07) is 0. The summed E-state index contributed by atoms with van der Waals surface area (Å²) in [5, 5.41) is 29.1. The summed E-state index contributed by atoms with van der Waals surface area (Å²) in [5.74, 6) is -1.39. The molecule has 0 aromatic heterocycles. The number of fused-ring (bicyclic) bond motifs is 1. The van der Waals surface area contributed by atoms with Gasteiger partial charge >= 0.3 is 0 Å². The largest absolute Gasteiger partial charge is 0.396 e. The molecule has 3 N–H and O–H groups in total. The number of aliphatic hydroxyl groups excluding tert-OH is 3. The van der Waals surface area contributed by atoms with Gasteiger partial charge in [-0.1, -0.05) is 57.9 Å². The predicted molar refractivity (Wildman–Crippen MR) is 124 cm³/mol. The van der Waals surface area contributed by atoms with Crippen LogP contribution in [0.3, 0.4) is 0 Å². The van der Waals surface area contributed by atoms with E-state index in [0.29, 0.717) is 23.7 Å². The van der Waals surface area contributed by atoms with Gasteiger partial charge in [0.1, 0.15) is 6.10 Å². The van der Waals surface area contributed by atoms with Gasteiger partial charge in [0.15, 0.2) is 0 Å². The number of halogens is 2. The lowest BCUT2D eigenvalue weighted by molar-refractivity contribution is -0.103. The maximum absolute atomic E-state index is 14.6. The SMILES string of the molecule is C=C1/C(=C\C=C2/CCCC3(C)C2CCC3[C@H](C)CCCC(C)CO)C(F)(F)[C@@H](O)C[C@@H]1O. The van der Waals surface area contributed by atoms with Crippen LogP contribution in [0.5, 0.6) is 0 Å². The van der Waals surface area contributed by atoms with Crippen LogP contribution in [-0.4, -0.2) is 40.1 Å². The molecule has 3 saturated carbocycles. The molecule has 0 heterocycles. The van der Waals surface area contributed by atoms with Gasteiger partial charge in [0, 0.05) is 18.6 Å². The van der Waals surface area contributed by atoms with Crippen molar-refractivity contribution in [2.75, 3.05) is 6.61 Å². The molecule has 0 bridgehead atoms. The summed E-state index contributed by atoms with van der Waals surface area (Å²) in [4.78, 5) is 0. The van der Waals surface area contributed by atoms with Crippen LogP contribution in [0.25, 0.3) is 0 Å². The van der Waals surface area contributed by atoms with Crippen molar-refractivity contribution in [3.8, 4) is 0 Å². The molecule has 3 aliphatic rings. The summed E-state index contributed by atoms with van der Waals surface area (Å²) in [6.07, 6.45) is 8.66. The van der Waals surface area contributed by atoms with E-state index in [1.807, 2.05) is 6.08 Å². The lowest BCUT2D eigenvalue weighted by atomic mass is 9.60. The Bertz CT molecular complexity index is 743. The number of allylic oxidation sites excluding steroid dienone is 3. The fourth-order valence-corrected chi connectivity index (χ4v) is 6.78. The predicted octanol–water partition coefficient (Wildman–Crippen LogP) is 5.81. The minimum atomic E-state index is -3.39. The summed E-state index contributed by atoms with van der Waals surface area (Å²) in [6.45, 7) is 10.8. The first kappa shape index (κ1) is 25.6. The molecule has 0 saturated heterocycles. The lowest BCUT2D eigenvalue weighted by Gasteiger charge is -2.44. The monoisotopic (exact) mass is 452 g/mol. The van der Waals surface area contributed by atoms with Crippen LogP contribution in [0.1, 0.15) is 78.6 Å². The second-order valence-corrected chi connectivity index (χ2v) is 11.0. The first-order valence-electron chi connectivity index (χ1n) is 12.5. The van der Waals surface area contributed by atoms with Crippen molar-refractivity contribution in [3.63, 3.8) is 0 Å². The zero-order valence-electron chi connectivity index (χ0n) is 20.0. The molecular formula is C27H42F2O3. The lowest BCUT2D eigenvalue weighted by Crippen LogP contribution is -2.44. The first-order valence-corrected chi connectivity index (χ1v) is 12.5. The van der Waals surface area contributed by atoms with Crippen LogP contribution in [0.15, 0.2) is 35.5 Å². The Labute approximate surface area is 192 Å². The molecular weight excluding hydrogens is 410 g/mol. The van der Waals surface area contributed by atoms with Gasteiger partial charge in [-0.05, 0) is 73.2 Å². The van der Waals surface area contributed by atoms with Gasteiger partial charge in [0.25, 0.3) is 5.92 Å². The minimum Gasteiger partial charge on any atom is -0.396 e. The van der Waals surface area contributed by atoms with E-state index in [9.17, 15) is 24.1 Å². The molecule has 32 heavy (non-hydrogen) atoms. The number of hydrogen-bond acceptors (Lipinski definition) is 3. The molecule has 3 nitrogen and oxygen atoms in total. The van der Waals surface area contributed by atoms with E-state index in [1.54, 1.807) is 0 Å². The summed E-state index contributed by atoms with van der Waals surface area (Å²) < 4.78 is 29.2. The van der Waals surface area contributed by atoms with Crippen molar-refractivity contribution < 1.29 is 24.1 Å². The normalized spacial score (nSPS) is 39.3. The average molecular weight is 453 g/mol. The van der Waals surface area contributed by atoms with E-state index in [0.717, 1.165) is 32.1 Å². The highest BCUT2D eigenvalue weighted by atomic mass is 19.3. The number of alkyl halides is 2. The molecule has 4 unspecified atom stereocenters. The van der Waals surface area contributed by atoms with E-state index < -0.39 is 18.1 Å². The van der Waals surface area contributed by atoms with Gasteiger partial charge in [-0.3, -0.25) is 0 Å². The summed E-state index contributed by atoms with van der Waals surface area (Å²) in [5.41, 5.74) is 1.11. The van der Waals surface area contributed by atoms with Crippen LogP contribution in [-0.2, 0) is 0 Å². The minimum absolute atomic E-state index is 0.0192. The molecule has 5 heteroatoms. The molecule has 0 aromatic rings. The van der Waals surface area contributed by atoms with Crippen molar-refractivity contribution >= 4 is 0 Å². The molecule has 0 aromatic carbocycles. The second-order valence-electron chi connectivity index (χ2n) is 11.0. The molecule has 3 aliphatic carbocycles. The number of aliphatic hydroxyl groups is 3. The fraction of sp³-hybridized carbons (Fsp3) is 0.778. The molecule has 0 radical (unpaired) electrons. The summed E-state index contributed by atoms with van der Waals surface area (Å²) in [7, 11) is 0. The van der Waals surface area contributed by atoms with E-state index in [-0.39, 0.29) is 29.6 Å². The molecule has 0 aliphatic heterocycles. The Morgan fingerprint density at radius 1 is 1.16 bits per heavy atom. The zero-order chi connectivity index (χ0) is 23.7. The second kappa shape index (κ2) is 10.1. The van der Waals surface area contributed by atoms with Crippen molar-refractivity contribution in [1.82, 2.24) is 0 Å². The van der Waals surface area contributed by atoms with Crippen LogP contribution in [0, 0.1) is 29.1 Å².